The van der Waals surface area contributed by atoms with Gasteiger partial charge < -0.3 is 15.0 Å². The SMILES string of the molecule is COc1ccc2onc(C3(N)CCCCC3)c2c1. The van der Waals surface area contributed by atoms with Crippen molar-refractivity contribution < 1.29 is 9.26 Å². The zero-order valence-electron chi connectivity index (χ0n) is 10.6. The van der Waals surface area contributed by atoms with E-state index in [2.05, 4.69) is 5.16 Å². The van der Waals surface area contributed by atoms with Crippen LogP contribution in [0.2, 0.25) is 0 Å². The molecule has 1 fully saturated rings. The Hall–Kier alpha value is -1.55. The largest absolute Gasteiger partial charge is 0.497 e. The average Bonchev–Trinajstić information content (AvgIpc) is 2.83. The number of methoxy groups -OCH3 is 1. The van der Waals surface area contributed by atoms with Gasteiger partial charge in [0.05, 0.1) is 18.0 Å². The standard InChI is InChI=1S/C14H18N2O2/c1-17-10-5-6-12-11(9-10)13(16-18-12)14(15)7-3-2-4-8-14/h5-6,9H,2-4,7-8,15H2,1H3. The molecule has 1 heterocycles. The molecule has 18 heavy (non-hydrogen) atoms. The van der Waals surface area contributed by atoms with E-state index in [-0.39, 0.29) is 5.54 Å². The van der Waals surface area contributed by atoms with Crippen LogP contribution in [0.3, 0.4) is 0 Å². The number of nitrogens with two attached hydrogens (primary N) is 1. The van der Waals surface area contributed by atoms with Crippen LogP contribution in [0, 0.1) is 0 Å². The molecule has 2 aromatic rings. The maximum Gasteiger partial charge on any atom is 0.167 e. The zero-order chi connectivity index (χ0) is 12.6. The molecule has 1 aliphatic rings. The molecular weight excluding hydrogens is 228 g/mol. The van der Waals surface area contributed by atoms with Crippen molar-refractivity contribution in [2.75, 3.05) is 7.11 Å². The van der Waals surface area contributed by atoms with Gasteiger partial charge in [0.15, 0.2) is 5.58 Å². The van der Waals surface area contributed by atoms with Crippen molar-refractivity contribution in [2.45, 2.75) is 37.6 Å². The van der Waals surface area contributed by atoms with Crippen molar-refractivity contribution in [1.82, 2.24) is 5.16 Å². The summed E-state index contributed by atoms with van der Waals surface area (Å²) in [6.07, 6.45) is 5.54. The lowest BCUT2D eigenvalue weighted by molar-refractivity contribution is 0.282. The fourth-order valence-corrected chi connectivity index (χ4v) is 2.82. The summed E-state index contributed by atoms with van der Waals surface area (Å²) in [7, 11) is 1.66. The van der Waals surface area contributed by atoms with Gasteiger partial charge in [-0.15, -0.1) is 0 Å². The highest BCUT2D eigenvalue weighted by molar-refractivity contribution is 5.82. The van der Waals surface area contributed by atoms with Gasteiger partial charge in [-0.2, -0.15) is 0 Å². The fraction of sp³-hybridized carbons (Fsp3) is 0.500. The molecule has 0 unspecified atom stereocenters. The van der Waals surface area contributed by atoms with E-state index in [0.717, 1.165) is 48.1 Å². The van der Waals surface area contributed by atoms with Gasteiger partial charge in [0, 0.05) is 0 Å². The summed E-state index contributed by atoms with van der Waals surface area (Å²) in [5, 5.41) is 5.20. The molecule has 0 amide bonds. The number of aromatic nitrogens is 1. The van der Waals surface area contributed by atoms with Gasteiger partial charge in [-0.25, -0.2) is 0 Å². The van der Waals surface area contributed by atoms with Gasteiger partial charge in [0.2, 0.25) is 0 Å². The number of hydrogen-bond acceptors (Lipinski definition) is 4. The Morgan fingerprint density at radius 3 is 2.78 bits per heavy atom. The molecule has 0 bridgehead atoms. The van der Waals surface area contributed by atoms with Gasteiger partial charge in [0.1, 0.15) is 11.4 Å². The molecule has 1 aromatic carbocycles. The van der Waals surface area contributed by atoms with Crippen LogP contribution in [0.4, 0.5) is 0 Å². The molecule has 0 saturated heterocycles. The number of rotatable bonds is 2. The lowest BCUT2D eigenvalue weighted by Crippen LogP contribution is -2.39. The molecule has 0 radical (unpaired) electrons. The lowest BCUT2D eigenvalue weighted by atomic mass is 9.79. The number of hydrogen-bond donors (Lipinski definition) is 1. The molecule has 2 N–H and O–H groups in total. The fourth-order valence-electron chi connectivity index (χ4n) is 2.82. The first-order valence-corrected chi connectivity index (χ1v) is 6.46. The maximum atomic E-state index is 6.52. The number of fused-ring (bicyclic) bond motifs is 1. The molecule has 0 spiro atoms. The summed E-state index contributed by atoms with van der Waals surface area (Å²) in [6, 6.07) is 5.72. The van der Waals surface area contributed by atoms with Crippen molar-refractivity contribution in [3.8, 4) is 5.75 Å². The molecule has 1 saturated carbocycles. The van der Waals surface area contributed by atoms with Crippen molar-refractivity contribution in [1.29, 1.82) is 0 Å². The molecule has 0 aliphatic heterocycles. The minimum absolute atomic E-state index is 0.337. The van der Waals surface area contributed by atoms with E-state index in [1.165, 1.54) is 6.42 Å². The first-order valence-electron chi connectivity index (χ1n) is 6.46. The molecule has 3 rings (SSSR count). The minimum atomic E-state index is -0.337. The summed E-state index contributed by atoms with van der Waals surface area (Å²) in [4.78, 5) is 0. The number of ether oxygens (including phenoxy) is 1. The predicted molar refractivity (Wildman–Crippen MR) is 69.5 cm³/mol. The molecule has 1 aliphatic carbocycles. The summed E-state index contributed by atoms with van der Waals surface area (Å²) < 4.78 is 10.6. The van der Waals surface area contributed by atoms with Crippen molar-refractivity contribution in [3.63, 3.8) is 0 Å². The highest BCUT2D eigenvalue weighted by Gasteiger charge is 2.34. The molecule has 4 nitrogen and oxygen atoms in total. The monoisotopic (exact) mass is 246 g/mol. The van der Waals surface area contributed by atoms with Gasteiger partial charge in [-0.3, -0.25) is 0 Å². The van der Waals surface area contributed by atoms with Gasteiger partial charge in [0.25, 0.3) is 0 Å². The highest BCUT2D eigenvalue weighted by Crippen LogP contribution is 2.38. The molecular formula is C14H18N2O2. The minimum Gasteiger partial charge on any atom is -0.497 e. The van der Waals surface area contributed by atoms with Crippen LogP contribution >= 0.6 is 0 Å². The predicted octanol–water partition coefficient (Wildman–Crippen LogP) is 2.95. The van der Waals surface area contributed by atoms with Crippen molar-refractivity contribution in [2.24, 2.45) is 5.73 Å². The van der Waals surface area contributed by atoms with Gasteiger partial charge >= 0.3 is 0 Å². The number of nitrogens with zero attached hydrogens (tertiary/aromatic N) is 1. The molecule has 1 aromatic heterocycles. The smallest absolute Gasteiger partial charge is 0.167 e. The van der Waals surface area contributed by atoms with Crippen molar-refractivity contribution in [3.05, 3.63) is 23.9 Å². The van der Waals surface area contributed by atoms with Crippen LogP contribution in [0.1, 0.15) is 37.8 Å². The Balaban J connectivity index is 2.10. The Labute approximate surface area is 106 Å². The molecule has 0 atom stereocenters. The van der Waals surface area contributed by atoms with Gasteiger partial charge in [-0.05, 0) is 31.0 Å². The van der Waals surface area contributed by atoms with E-state index >= 15 is 0 Å². The van der Waals surface area contributed by atoms with Crippen LogP contribution in [-0.2, 0) is 5.54 Å². The molecule has 4 heteroatoms. The first kappa shape index (κ1) is 11.5. The van der Waals surface area contributed by atoms with Crippen LogP contribution < -0.4 is 10.5 Å². The second-order valence-electron chi connectivity index (χ2n) is 5.11. The summed E-state index contributed by atoms with van der Waals surface area (Å²) >= 11 is 0. The van der Waals surface area contributed by atoms with E-state index in [9.17, 15) is 0 Å². The summed E-state index contributed by atoms with van der Waals surface area (Å²) in [5.74, 6) is 0.811. The second kappa shape index (κ2) is 4.28. The third-order valence-corrected chi connectivity index (χ3v) is 3.89. The van der Waals surface area contributed by atoms with E-state index in [0.29, 0.717) is 0 Å². The normalized spacial score (nSPS) is 19.0. The maximum absolute atomic E-state index is 6.52. The summed E-state index contributed by atoms with van der Waals surface area (Å²) in [6.45, 7) is 0. The van der Waals surface area contributed by atoms with E-state index in [1.807, 2.05) is 18.2 Å². The Kier molecular flexibility index (Phi) is 2.74. The topological polar surface area (TPSA) is 61.3 Å². The quantitative estimate of drug-likeness (QED) is 0.885. The third kappa shape index (κ3) is 1.77. The van der Waals surface area contributed by atoms with Crippen LogP contribution in [0.5, 0.6) is 5.75 Å². The lowest BCUT2D eigenvalue weighted by Gasteiger charge is -2.31. The average molecular weight is 246 g/mol. The second-order valence-corrected chi connectivity index (χ2v) is 5.11. The number of benzene rings is 1. The van der Waals surface area contributed by atoms with Crippen LogP contribution in [0.25, 0.3) is 11.0 Å². The van der Waals surface area contributed by atoms with Crippen LogP contribution in [-0.4, -0.2) is 12.3 Å². The third-order valence-electron chi connectivity index (χ3n) is 3.89. The van der Waals surface area contributed by atoms with Crippen molar-refractivity contribution >= 4 is 11.0 Å². The Morgan fingerprint density at radius 1 is 1.28 bits per heavy atom. The van der Waals surface area contributed by atoms with E-state index in [4.69, 9.17) is 15.0 Å². The Bertz CT molecular complexity index is 556. The summed E-state index contributed by atoms with van der Waals surface area (Å²) in [5.41, 5.74) is 7.85. The highest BCUT2D eigenvalue weighted by atomic mass is 16.5. The van der Waals surface area contributed by atoms with Crippen LogP contribution in [0.15, 0.2) is 22.7 Å². The van der Waals surface area contributed by atoms with E-state index < -0.39 is 0 Å². The molecule has 96 valence electrons. The van der Waals surface area contributed by atoms with E-state index in [1.54, 1.807) is 7.11 Å². The zero-order valence-corrected chi connectivity index (χ0v) is 10.6. The first-order chi connectivity index (χ1) is 8.73. The Morgan fingerprint density at radius 2 is 2.06 bits per heavy atom. The van der Waals surface area contributed by atoms with Gasteiger partial charge in [-0.1, -0.05) is 24.4 Å².